The molecule has 2 rings (SSSR count). The lowest BCUT2D eigenvalue weighted by atomic mass is 10.1. The van der Waals surface area contributed by atoms with Crippen LogP contribution in [0.25, 0.3) is 0 Å². The number of aromatic nitrogens is 3. The average Bonchev–Trinajstić information content (AvgIpc) is 2.80. The summed E-state index contributed by atoms with van der Waals surface area (Å²) in [6, 6.07) is -0.807. The van der Waals surface area contributed by atoms with Crippen molar-refractivity contribution in [2.45, 2.75) is 44.6 Å². The van der Waals surface area contributed by atoms with Crippen molar-refractivity contribution in [2.24, 2.45) is 5.92 Å². The second kappa shape index (κ2) is 7.21. The Morgan fingerprint density at radius 1 is 1.50 bits per heavy atom. The Balaban J connectivity index is 2.15. The summed E-state index contributed by atoms with van der Waals surface area (Å²) in [6.45, 7) is 3.48. The monoisotopic (exact) mass is 345 g/mol. The van der Waals surface area contributed by atoms with Gasteiger partial charge in [0.05, 0.1) is 0 Å². The maximum atomic E-state index is 12.2. The van der Waals surface area contributed by atoms with Gasteiger partial charge >= 0.3 is 11.7 Å². The summed E-state index contributed by atoms with van der Waals surface area (Å²) < 4.78 is 18.1. The van der Waals surface area contributed by atoms with Gasteiger partial charge in [-0.3, -0.25) is 14.6 Å². The van der Waals surface area contributed by atoms with Crippen LogP contribution >= 0.6 is 0 Å². The van der Waals surface area contributed by atoms with Crippen molar-refractivity contribution >= 4 is 5.97 Å². The number of carbonyl (C=O) groups excluding carboxylic acids is 1. The van der Waals surface area contributed by atoms with E-state index in [0.717, 1.165) is 6.20 Å². The van der Waals surface area contributed by atoms with Crippen LogP contribution in [0.3, 0.4) is 0 Å². The zero-order valence-electron chi connectivity index (χ0n) is 14.1. The fraction of sp³-hybridized carbons (Fsp3) is 0.692. The number of carbonyl (C=O) groups is 1. The lowest BCUT2D eigenvalue weighted by Gasteiger charge is -2.22. The highest BCUT2D eigenvalue weighted by atomic mass is 16.7. The second-order valence-electron chi connectivity index (χ2n) is 5.62. The summed E-state index contributed by atoms with van der Waals surface area (Å²) in [6.07, 6.45) is -5.43. The number of aliphatic hydroxyl groups excluding tert-OH is 2. The molecular formula is C13H20N4O7. The lowest BCUT2D eigenvalue weighted by molar-refractivity contribution is -0.197. The van der Waals surface area contributed by atoms with Crippen molar-refractivity contribution in [1.29, 1.82) is 0 Å². The minimum Gasteiger partial charge on any atom is -0.431 e. The highest BCUT2D eigenvalue weighted by Gasteiger charge is 2.47. The van der Waals surface area contributed by atoms with E-state index >= 15 is 0 Å². The molecular weight excluding hydrogens is 324 g/mol. The Morgan fingerprint density at radius 2 is 2.21 bits per heavy atom. The van der Waals surface area contributed by atoms with Crippen LogP contribution in [0.2, 0.25) is 0 Å². The summed E-state index contributed by atoms with van der Waals surface area (Å²) in [7, 11) is -0.214. The molecule has 1 aromatic rings. The average molecular weight is 345 g/mol. The molecule has 0 bridgehead atoms. The number of hydrogen-bond donors (Lipinski definition) is 4. The third kappa shape index (κ3) is 3.53. The number of esters is 1. The molecule has 0 radical (unpaired) electrons. The third-order valence-corrected chi connectivity index (χ3v) is 3.55. The Bertz CT molecular complexity index is 721. The van der Waals surface area contributed by atoms with E-state index < -0.39 is 48.0 Å². The van der Waals surface area contributed by atoms with Crippen molar-refractivity contribution < 1.29 is 25.9 Å². The van der Waals surface area contributed by atoms with Gasteiger partial charge in [-0.1, -0.05) is 13.8 Å². The van der Waals surface area contributed by atoms with Crippen molar-refractivity contribution in [3.63, 3.8) is 0 Å². The number of nitrogens with one attached hydrogen (secondary N) is 2. The number of aliphatic hydroxyl groups is 2. The van der Waals surface area contributed by atoms with Crippen molar-refractivity contribution in [3.8, 4) is 0 Å². The standard InChI is InChI=1S/C13H20N4O7/c1-5(2)7(14-3)11(21)24-12-9(20)8(19)10(23-12)17-13(22)16-6(18)4-15-17/h4-5,7-10,12,14,19-20H,1-3H3,(H,16,18,22)/t7-,8+,9-,10+,12+/m0/s1/i3D. The van der Waals surface area contributed by atoms with Gasteiger partial charge in [0.2, 0.25) is 6.29 Å². The Labute approximate surface area is 137 Å². The smallest absolute Gasteiger partial charge is 0.347 e. The van der Waals surface area contributed by atoms with E-state index in [4.69, 9.17) is 10.8 Å². The Kier molecular flexibility index (Phi) is 5.04. The van der Waals surface area contributed by atoms with Crippen LogP contribution in [0, 0.1) is 5.92 Å². The number of ether oxygens (including phenoxy) is 2. The summed E-state index contributed by atoms with van der Waals surface area (Å²) in [4.78, 5) is 36.9. The summed E-state index contributed by atoms with van der Waals surface area (Å²) in [5.74, 6) is -0.971. The molecule has 2 heterocycles. The van der Waals surface area contributed by atoms with E-state index in [1.807, 2.05) is 4.98 Å². The van der Waals surface area contributed by atoms with Crippen LogP contribution < -0.4 is 16.6 Å². The molecule has 24 heavy (non-hydrogen) atoms. The minimum absolute atomic E-state index is 0.194. The molecule has 1 aromatic heterocycles. The maximum absolute atomic E-state index is 12.2. The molecule has 0 spiro atoms. The van der Waals surface area contributed by atoms with Crippen LogP contribution in [0.15, 0.2) is 15.8 Å². The Hall–Kier alpha value is -2.08. The molecule has 0 aliphatic carbocycles. The Morgan fingerprint density at radius 3 is 2.79 bits per heavy atom. The molecule has 11 nitrogen and oxygen atoms in total. The number of aromatic amines is 1. The van der Waals surface area contributed by atoms with Crippen LogP contribution in [0.1, 0.15) is 21.4 Å². The number of hydrogen-bond acceptors (Lipinski definition) is 9. The van der Waals surface area contributed by atoms with Crippen molar-refractivity contribution in [2.75, 3.05) is 7.02 Å². The van der Waals surface area contributed by atoms with Crippen LogP contribution in [0.5, 0.6) is 0 Å². The normalized spacial score (nSPS) is 28.6. The summed E-state index contributed by atoms with van der Waals surface area (Å²) in [5, 5.41) is 26.2. The van der Waals surface area contributed by atoms with E-state index in [2.05, 4.69) is 10.4 Å². The van der Waals surface area contributed by atoms with E-state index in [9.17, 15) is 24.6 Å². The summed E-state index contributed by atoms with van der Waals surface area (Å²) >= 11 is 0. The molecule has 0 unspecified atom stereocenters. The number of nitrogens with zero attached hydrogens (tertiary/aromatic N) is 2. The van der Waals surface area contributed by atoms with Crippen molar-refractivity contribution in [1.82, 2.24) is 20.1 Å². The zero-order chi connectivity index (χ0) is 18.7. The van der Waals surface area contributed by atoms with Crippen LogP contribution in [0.4, 0.5) is 0 Å². The summed E-state index contributed by atoms with van der Waals surface area (Å²) in [5.41, 5.74) is -1.69. The molecule has 134 valence electrons. The van der Waals surface area contributed by atoms with Gasteiger partial charge in [-0.15, -0.1) is 0 Å². The largest absolute Gasteiger partial charge is 0.431 e. The second-order valence-corrected chi connectivity index (χ2v) is 5.62. The van der Waals surface area contributed by atoms with Crippen LogP contribution in [-0.2, 0) is 14.3 Å². The molecule has 1 aliphatic rings. The first-order valence-corrected chi connectivity index (χ1v) is 7.19. The van der Waals surface area contributed by atoms with Gasteiger partial charge in [0, 0.05) is 1.37 Å². The van der Waals surface area contributed by atoms with E-state index in [-0.39, 0.29) is 12.9 Å². The molecule has 1 aliphatic heterocycles. The molecule has 4 N–H and O–H groups in total. The van der Waals surface area contributed by atoms with Gasteiger partial charge in [0.15, 0.2) is 6.23 Å². The minimum atomic E-state index is -1.63. The fourth-order valence-corrected chi connectivity index (χ4v) is 2.25. The van der Waals surface area contributed by atoms with E-state index in [0.29, 0.717) is 4.68 Å². The van der Waals surface area contributed by atoms with E-state index in [1.54, 1.807) is 13.8 Å². The predicted octanol–water partition coefficient (Wildman–Crippen LogP) is -2.70. The maximum Gasteiger partial charge on any atom is 0.347 e. The number of likely N-dealkylation sites (N-methyl/N-ethyl adjacent to an activating group) is 1. The molecule has 0 aromatic carbocycles. The van der Waals surface area contributed by atoms with Gasteiger partial charge in [-0.05, 0) is 12.9 Å². The van der Waals surface area contributed by atoms with Gasteiger partial charge in [-0.25, -0.2) is 4.79 Å². The predicted molar refractivity (Wildman–Crippen MR) is 78.8 cm³/mol. The van der Waals surface area contributed by atoms with Crippen LogP contribution in [-0.4, -0.2) is 62.5 Å². The fourth-order valence-electron chi connectivity index (χ4n) is 2.25. The highest BCUT2D eigenvalue weighted by Crippen LogP contribution is 2.28. The molecule has 1 fully saturated rings. The lowest BCUT2D eigenvalue weighted by Crippen LogP contribution is -2.43. The molecule has 5 atom stereocenters. The third-order valence-electron chi connectivity index (χ3n) is 3.55. The SMILES string of the molecule is [2H]CN[C@H](C(=O)O[C@H]1O[C@@H](n2ncc(=O)[nH]c2=O)[C@H](O)[C@@H]1O)C(C)C. The zero-order valence-corrected chi connectivity index (χ0v) is 13.1. The van der Waals surface area contributed by atoms with Gasteiger partial charge < -0.3 is 25.0 Å². The van der Waals surface area contributed by atoms with Crippen molar-refractivity contribution in [3.05, 3.63) is 27.0 Å². The first kappa shape index (κ1) is 16.8. The number of H-pyrrole nitrogens is 1. The first-order valence-electron chi connectivity index (χ1n) is 7.89. The van der Waals surface area contributed by atoms with Gasteiger partial charge in [-0.2, -0.15) is 9.78 Å². The molecule has 0 amide bonds. The van der Waals surface area contributed by atoms with E-state index in [1.165, 1.54) is 0 Å². The highest BCUT2D eigenvalue weighted by molar-refractivity contribution is 5.76. The molecule has 0 saturated carbocycles. The van der Waals surface area contributed by atoms with Gasteiger partial charge in [0.1, 0.15) is 24.4 Å². The topological polar surface area (TPSA) is 156 Å². The molecule has 11 heteroatoms. The molecule has 1 saturated heterocycles. The van der Waals surface area contributed by atoms with Gasteiger partial charge in [0.25, 0.3) is 5.56 Å². The first-order chi connectivity index (χ1) is 11.8. The number of rotatable bonds is 5. The quantitative estimate of drug-likeness (QED) is 0.417.